The first kappa shape index (κ1) is 35.1. The third-order valence-electron chi connectivity index (χ3n) is 9.57. The highest BCUT2D eigenvalue weighted by molar-refractivity contribution is 6.00. The summed E-state index contributed by atoms with van der Waals surface area (Å²) < 4.78 is 17.4. The van der Waals surface area contributed by atoms with Crippen LogP contribution in [0.3, 0.4) is 0 Å². The fraction of sp³-hybridized carbons (Fsp3) is 0.618. The quantitative estimate of drug-likeness (QED) is 0.318. The summed E-state index contributed by atoms with van der Waals surface area (Å²) in [6.07, 6.45) is 7.03. The van der Waals surface area contributed by atoms with Crippen molar-refractivity contribution in [1.82, 2.24) is 24.9 Å². The van der Waals surface area contributed by atoms with Crippen LogP contribution < -0.4 is 15.5 Å². The summed E-state index contributed by atoms with van der Waals surface area (Å²) in [5.41, 5.74) is 0.512. The van der Waals surface area contributed by atoms with Crippen molar-refractivity contribution in [1.29, 1.82) is 0 Å². The molecule has 2 heterocycles. The van der Waals surface area contributed by atoms with Gasteiger partial charge in [0.15, 0.2) is 0 Å². The van der Waals surface area contributed by atoms with E-state index in [4.69, 9.17) is 0 Å². The van der Waals surface area contributed by atoms with Crippen molar-refractivity contribution in [3.8, 4) is 0 Å². The number of anilines is 2. The molecule has 4 rings (SSSR count). The van der Waals surface area contributed by atoms with Crippen molar-refractivity contribution >= 4 is 35.6 Å². The highest BCUT2D eigenvalue weighted by Crippen LogP contribution is 2.32. The first-order valence-electron chi connectivity index (χ1n) is 16.8. The average molecular weight is 640 g/mol. The molecule has 1 aromatic heterocycles. The first-order valence-corrected chi connectivity index (χ1v) is 16.8. The van der Waals surface area contributed by atoms with Gasteiger partial charge in [0.05, 0.1) is 11.9 Å². The summed E-state index contributed by atoms with van der Waals surface area (Å²) in [5.74, 6) is -1.66. The van der Waals surface area contributed by atoms with Crippen LogP contribution >= 0.6 is 0 Å². The summed E-state index contributed by atoms with van der Waals surface area (Å²) in [5, 5.41) is 9.90. The minimum atomic E-state index is -0.863. The Morgan fingerprint density at radius 1 is 1.04 bits per heavy atom. The number of aryl methyl sites for hydroxylation is 1. The molecule has 1 aromatic carbocycles. The van der Waals surface area contributed by atoms with Crippen LogP contribution in [0.25, 0.3) is 0 Å². The normalized spacial score (nSPS) is 18.1. The predicted molar refractivity (Wildman–Crippen MR) is 176 cm³/mol. The number of nitrogens with one attached hydrogen (secondary N) is 2. The van der Waals surface area contributed by atoms with E-state index in [1.807, 2.05) is 6.92 Å². The van der Waals surface area contributed by atoms with E-state index in [1.54, 1.807) is 41.8 Å². The summed E-state index contributed by atoms with van der Waals surface area (Å²) in [7, 11) is 0. The highest BCUT2D eigenvalue weighted by atomic mass is 19.1. The molecule has 0 unspecified atom stereocenters. The van der Waals surface area contributed by atoms with E-state index in [2.05, 4.69) is 34.5 Å². The monoisotopic (exact) mass is 639 g/mol. The van der Waals surface area contributed by atoms with Crippen molar-refractivity contribution in [2.24, 2.45) is 5.92 Å². The molecule has 1 saturated carbocycles. The van der Waals surface area contributed by atoms with E-state index in [9.17, 15) is 19.2 Å². The van der Waals surface area contributed by atoms with Crippen molar-refractivity contribution in [2.45, 2.75) is 104 Å². The molecule has 252 valence electrons. The molecule has 2 aliphatic rings. The van der Waals surface area contributed by atoms with Crippen LogP contribution in [0.1, 0.15) is 84.6 Å². The van der Waals surface area contributed by atoms with Crippen LogP contribution in [0.15, 0.2) is 30.5 Å². The molecular weight excluding hydrogens is 589 g/mol. The van der Waals surface area contributed by atoms with Crippen LogP contribution in [0.4, 0.5) is 15.9 Å². The van der Waals surface area contributed by atoms with Gasteiger partial charge in [-0.3, -0.25) is 29.0 Å². The average Bonchev–Trinajstić information content (AvgIpc) is 3.55. The lowest BCUT2D eigenvalue weighted by molar-refractivity contribution is -0.138. The third-order valence-corrected chi connectivity index (χ3v) is 9.57. The van der Waals surface area contributed by atoms with Gasteiger partial charge in [0.2, 0.25) is 24.1 Å². The van der Waals surface area contributed by atoms with E-state index >= 15 is 4.39 Å². The summed E-state index contributed by atoms with van der Waals surface area (Å²) in [6.45, 7) is 12.8. The van der Waals surface area contributed by atoms with Crippen molar-refractivity contribution in [3.05, 3.63) is 41.8 Å². The Balaban J connectivity index is 1.55. The zero-order valence-corrected chi connectivity index (χ0v) is 27.9. The summed E-state index contributed by atoms with van der Waals surface area (Å²) >= 11 is 0. The number of rotatable bonds is 13. The van der Waals surface area contributed by atoms with Crippen molar-refractivity contribution < 1.29 is 23.6 Å². The lowest BCUT2D eigenvalue weighted by atomic mass is 9.82. The molecule has 2 N–H and O–H groups in total. The molecule has 3 atom stereocenters. The highest BCUT2D eigenvalue weighted by Gasteiger charge is 2.37. The second-order valence-electron chi connectivity index (χ2n) is 12.7. The minimum absolute atomic E-state index is 0.0121. The van der Waals surface area contributed by atoms with Gasteiger partial charge in [0, 0.05) is 57.2 Å². The summed E-state index contributed by atoms with van der Waals surface area (Å²) in [4.78, 5) is 58.0. The number of carbonyl (C=O) groups excluding carboxylic acids is 4. The number of halogens is 1. The maximum atomic E-state index is 15.7. The second-order valence-corrected chi connectivity index (χ2v) is 12.7. The molecule has 0 spiro atoms. The van der Waals surface area contributed by atoms with Crippen molar-refractivity contribution in [2.75, 3.05) is 36.4 Å². The van der Waals surface area contributed by atoms with Gasteiger partial charge in [-0.25, -0.2) is 9.07 Å². The molecule has 1 aliphatic carbocycles. The van der Waals surface area contributed by atoms with Gasteiger partial charge < -0.3 is 15.5 Å². The molecule has 2 fully saturated rings. The van der Waals surface area contributed by atoms with Gasteiger partial charge in [0.25, 0.3) is 0 Å². The molecule has 46 heavy (non-hydrogen) atoms. The smallest absolute Gasteiger partial charge is 0.247 e. The van der Waals surface area contributed by atoms with Gasteiger partial charge in [-0.1, -0.05) is 39.2 Å². The zero-order chi connectivity index (χ0) is 33.4. The lowest BCUT2D eigenvalue weighted by Crippen LogP contribution is -2.57. The molecule has 12 heteroatoms. The Bertz CT molecular complexity index is 1350. The van der Waals surface area contributed by atoms with Crippen LogP contribution in [0, 0.1) is 11.7 Å². The standard InChI is InChI=1S/C34H50FN7O4/c1-6-29(44)38-31(34(46)40-19-17-39(18-20-40)23(3)4)24(5)26-13-14-28(27(35)21-26)37-33(45)32(25-11-9-8-10-12-25)41(22-43)30-15-16-36-42(30)7-2/h13-16,21-25,31-32H,6-12,17-20H2,1-5H3,(H,37,45)(H,38,44)/t24-,31+,32-/m0/s1. The Morgan fingerprint density at radius 3 is 2.33 bits per heavy atom. The number of piperazine rings is 1. The number of benzene rings is 1. The third kappa shape index (κ3) is 8.12. The lowest BCUT2D eigenvalue weighted by Gasteiger charge is -2.39. The fourth-order valence-electron chi connectivity index (χ4n) is 6.71. The molecule has 2 aromatic rings. The second kappa shape index (κ2) is 16.2. The summed E-state index contributed by atoms with van der Waals surface area (Å²) in [6, 6.07) is 4.87. The van der Waals surface area contributed by atoms with E-state index in [0.717, 1.165) is 45.2 Å². The Kier molecular flexibility index (Phi) is 12.3. The minimum Gasteiger partial charge on any atom is -0.344 e. The Morgan fingerprint density at radius 2 is 1.74 bits per heavy atom. The number of hydrogen-bond donors (Lipinski definition) is 2. The topological polar surface area (TPSA) is 120 Å². The SMILES string of the molecule is CCC(=O)N[C@@H](C(=O)N1CCN(C(C)C)CC1)[C@@H](C)c1ccc(NC(=O)[C@H](C2CCCCC2)N(C=O)c2ccnn2CC)c(F)c1. The number of hydrogen-bond acceptors (Lipinski definition) is 6. The maximum absolute atomic E-state index is 15.7. The molecule has 0 radical (unpaired) electrons. The zero-order valence-electron chi connectivity index (χ0n) is 27.9. The van der Waals surface area contributed by atoms with E-state index < -0.39 is 29.7 Å². The number of carbonyl (C=O) groups is 4. The predicted octanol–water partition coefficient (Wildman–Crippen LogP) is 4.14. The van der Waals surface area contributed by atoms with Gasteiger partial charge >= 0.3 is 0 Å². The van der Waals surface area contributed by atoms with Gasteiger partial charge in [0.1, 0.15) is 23.7 Å². The molecule has 11 nitrogen and oxygen atoms in total. The van der Waals surface area contributed by atoms with E-state index in [-0.39, 0.29) is 29.8 Å². The largest absolute Gasteiger partial charge is 0.344 e. The van der Waals surface area contributed by atoms with E-state index in [0.29, 0.717) is 43.5 Å². The van der Waals surface area contributed by atoms with E-state index in [1.165, 1.54) is 17.0 Å². The fourth-order valence-corrected chi connectivity index (χ4v) is 6.71. The maximum Gasteiger partial charge on any atom is 0.247 e. The molecule has 1 saturated heterocycles. The van der Waals surface area contributed by atoms with Crippen LogP contribution in [-0.2, 0) is 25.7 Å². The van der Waals surface area contributed by atoms with Crippen LogP contribution in [0.5, 0.6) is 0 Å². The van der Waals surface area contributed by atoms with Crippen LogP contribution in [-0.4, -0.2) is 88.0 Å². The van der Waals surface area contributed by atoms with Gasteiger partial charge in [-0.15, -0.1) is 0 Å². The molecule has 1 aliphatic heterocycles. The first-order chi connectivity index (χ1) is 22.1. The van der Waals surface area contributed by atoms with Gasteiger partial charge in [-0.2, -0.15) is 5.10 Å². The number of aromatic nitrogens is 2. The van der Waals surface area contributed by atoms with Crippen molar-refractivity contribution in [3.63, 3.8) is 0 Å². The molecule has 0 bridgehead atoms. The Labute approximate surface area is 271 Å². The van der Waals surface area contributed by atoms with Crippen LogP contribution in [0.2, 0.25) is 0 Å². The molecular formula is C34H50FN7O4. The van der Waals surface area contributed by atoms with Gasteiger partial charge in [-0.05, 0) is 57.2 Å². The molecule has 4 amide bonds. The number of amides is 4. The number of nitrogens with zero attached hydrogens (tertiary/aromatic N) is 5. The Hall–Kier alpha value is -3.80.